The van der Waals surface area contributed by atoms with Crippen LogP contribution in [0.2, 0.25) is 0 Å². The van der Waals surface area contributed by atoms with Gasteiger partial charge < -0.3 is 19.9 Å². The molecule has 2 aromatic rings. The van der Waals surface area contributed by atoms with E-state index in [1.807, 2.05) is 49.9 Å². The summed E-state index contributed by atoms with van der Waals surface area (Å²) in [7, 11) is 0. The van der Waals surface area contributed by atoms with E-state index < -0.39 is 5.60 Å². The topological polar surface area (TPSA) is 78.0 Å². The highest BCUT2D eigenvalue weighted by Crippen LogP contribution is 2.36. The number of ether oxygens (including phenoxy) is 1. The molecule has 3 amide bonds. The lowest BCUT2D eigenvalue weighted by atomic mass is 10.1. The molecule has 0 saturated carbocycles. The molecule has 1 aromatic heterocycles. The zero-order valence-electron chi connectivity index (χ0n) is 19.3. The number of carbonyl (C=O) groups is 2. The summed E-state index contributed by atoms with van der Waals surface area (Å²) in [5.41, 5.74) is 1.09. The van der Waals surface area contributed by atoms with Crippen molar-refractivity contribution >= 4 is 29.3 Å². The zero-order valence-corrected chi connectivity index (χ0v) is 19.3. The van der Waals surface area contributed by atoms with Gasteiger partial charge in [-0.15, -0.1) is 0 Å². The quantitative estimate of drug-likeness (QED) is 0.753. The Labute approximate surface area is 193 Å². The van der Waals surface area contributed by atoms with Gasteiger partial charge in [0.1, 0.15) is 17.2 Å². The second kappa shape index (κ2) is 9.25. The van der Waals surface area contributed by atoms with Gasteiger partial charge in [-0.2, -0.15) is 0 Å². The summed E-state index contributed by atoms with van der Waals surface area (Å²) >= 11 is 0. The van der Waals surface area contributed by atoms with Crippen molar-refractivity contribution in [1.82, 2.24) is 15.2 Å². The molecule has 2 aliphatic rings. The van der Waals surface area contributed by atoms with E-state index >= 15 is 0 Å². The van der Waals surface area contributed by atoms with Gasteiger partial charge in [0.15, 0.2) is 0 Å². The molecule has 8 nitrogen and oxygen atoms in total. The molecule has 1 N–H and O–H groups in total. The van der Waals surface area contributed by atoms with E-state index in [2.05, 4.69) is 10.3 Å². The highest BCUT2D eigenvalue weighted by Gasteiger charge is 2.32. The fourth-order valence-corrected chi connectivity index (χ4v) is 4.16. The Morgan fingerprint density at radius 2 is 1.88 bits per heavy atom. The minimum absolute atomic E-state index is 0.176. The number of pyridine rings is 1. The van der Waals surface area contributed by atoms with Gasteiger partial charge in [0.25, 0.3) is 0 Å². The minimum Gasteiger partial charge on any atom is -0.444 e. The Balaban J connectivity index is 1.37. The Kier molecular flexibility index (Phi) is 6.40. The molecule has 4 rings (SSSR count). The summed E-state index contributed by atoms with van der Waals surface area (Å²) < 4.78 is 18.7. The normalized spacial score (nSPS) is 18.2. The van der Waals surface area contributed by atoms with Crippen LogP contribution in [0.1, 0.15) is 27.2 Å². The van der Waals surface area contributed by atoms with Crippen molar-refractivity contribution in [2.24, 2.45) is 5.92 Å². The summed E-state index contributed by atoms with van der Waals surface area (Å²) in [5.74, 6) is 0.431. The Bertz CT molecular complexity index is 1010. The molecule has 9 heteroatoms. The second-order valence-corrected chi connectivity index (χ2v) is 9.39. The molecule has 2 aliphatic heterocycles. The molecule has 1 fully saturated rings. The molecule has 0 unspecified atom stereocenters. The first-order valence-corrected chi connectivity index (χ1v) is 11.2. The number of anilines is 3. The number of likely N-dealkylation sites (tertiary alicyclic amines) is 1. The molecule has 176 valence electrons. The van der Waals surface area contributed by atoms with Gasteiger partial charge in [0, 0.05) is 32.7 Å². The van der Waals surface area contributed by atoms with Gasteiger partial charge in [0.2, 0.25) is 0 Å². The number of rotatable bonds is 3. The maximum Gasteiger partial charge on any atom is 0.410 e. The number of para-hydroxylation sites is 2. The van der Waals surface area contributed by atoms with Gasteiger partial charge in [-0.3, -0.25) is 4.90 Å². The zero-order chi connectivity index (χ0) is 23.6. The van der Waals surface area contributed by atoms with Crippen LogP contribution >= 0.6 is 0 Å². The van der Waals surface area contributed by atoms with Crippen LogP contribution in [0.5, 0.6) is 0 Å². The third kappa shape index (κ3) is 5.35. The smallest absolute Gasteiger partial charge is 0.410 e. The molecule has 0 radical (unpaired) electrons. The van der Waals surface area contributed by atoms with Crippen molar-refractivity contribution in [3.8, 4) is 0 Å². The van der Waals surface area contributed by atoms with Crippen LogP contribution in [0, 0.1) is 11.7 Å². The largest absolute Gasteiger partial charge is 0.444 e. The summed E-state index contributed by atoms with van der Waals surface area (Å²) in [6.45, 7) is 8.24. The fourth-order valence-electron chi connectivity index (χ4n) is 4.16. The lowest BCUT2D eigenvalue weighted by Crippen LogP contribution is -2.48. The van der Waals surface area contributed by atoms with E-state index in [9.17, 15) is 14.0 Å². The van der Waals surface area contributed by atoms with Crippen molar-refractivity contribution in [1.29, 1.82) is 0 Å². The molecule has 33 heavy (non-hydrogen) atoms. The van der Waals surface area contributed by atoms with Crippen molar-refractivity contribution in [3.63, 3.8) is 0 Å². The number of hydrogen-bond donors (Lipinski definition) is 1. The van der Waals surface area contributed by atoms with Crippen molar-refractivity contribution in [3.05, 3.63) is 48.4 Å². The fraction of sp³-hybridized carbons (Fsp3) is 0.458. The number of fused-ring (bicyclic) bond motifs is 1. The summed E-state index contributed by atoms with van der Waals surface area (Å²) in [6.07, 6.45) is 1.70. The van der Waals surface area contributed by atoms with Gasteiger partial charge in [-0.25, -0.2) is 19.0 Å². The van der Waals surface area contributed by atoms with E-state index in [0.717, 1.165) is 17.8 Å². The number of urea groups is 1. The highest BCUT2D eigenvalue weighted by molar-refractivity contribution is 5.97. The predicted octanol–water partition coefficient (Wildman–Crippen LogP) is 4.15. The average Bonchev–Trinajstić information content (AvgIpc) is 3.26. The molecule has 0 bridgehead atoms. The highest BCUT2D eigenvalue weighted by atomic mass is 19.1. The Hall–Kier alpha value is -3.36. The monoisotopic (exact) mass is 455 g/mol. The number of halogens is 1. The van der Waals surface area contributed by atoms with E-state index in [4.69, 9.17) is 4.74 Å². The average molecular weight is 456 g/mol. The lowest BCUT2D eigenvalue weighted by molar-refractivity contribution is 0.0288. The van der Waals surface area contributed by atoms with E-state index in [1.165, 1.54) is 12.3 Å². The molecule has 1 aromatic carbocycles. The standard InChI is InChI=1S/C24H30FN5O3/c1-24(2,3)33-23(32)28-11-10-17(16-28)14-27-22(31)30-13-12-29(19-6-4-5-7-20(19)30)21-9-8-18(25)15-26-21/h4-9,15,17H,10-14,16H2,1-3H3,(H,27,31)/t17-/m1/s1. The maximum absolute atomic E-state index is 13.3. The number of nitrogens with one attached hydrogen (secondary N) is 1. The molecular weight excluding hydrogens is 425 g/mol. The number of nitrogens with zero attached hydrogens (tertiary/aromatic N) is 4. The first kappa shape index (κ1) is 22.8. The van der Waals surface area contributed by atoms with E-state index in [-0.39, 0.29) is 23.9 Å². The number of benzene rings is 1. The maximum atomic E-state index is 13.3. The number of hydrogen-bond acceptors (Lipinski definition) is 5. The number of carbonyl (C=O) groups excluding carboxylic acids is 2. The van der Waals surface area contributed by atoms with Crippen molar-refractivity contribution in [2.45, 2.75) is 32.8 Å². The predicted molar refractivity (Wildman–Crippen MR) is 124 cm³/mol. The number of aromatic nitrogens is 1. The van der Waals surface area contributed by atoms with Crippen LogP contribution in [0.4, 0.5) is 31.2 Å². The first-order valence-electron chi connectivity index (χ1n) is 11.2. The van der Waals surface area contributed by atoms with Gasteiger partial charge in [-0.05, 0) is 57.4 Å². The molecular formula is C24H30FN5O3. The first-order chi connectivity index (χ1) is 15.7. The molecule has 0 spiro atoms. The lowest BCUT2D eigenvalue weighted by Gasteiger charge is -2.37. The molecule has 1 atom stereocenters. The van der Waals surface area contributed by atoms with E-state index in [0.29, 0.717) is 38.5 Å². The van der Waals surface area contributed by atoms with Gasteiger partial charge in [-0.1, -0.05) is 12.1 Å². The van der Waals surface area contributed by atoms with Crippen LogP contribution in [-0.2, 0) is 4.74 Å². The van der Waals surface area contributed by atoms with Crippen LogP contribution < -0.4 is 15.1 Å². The minimum atomic E-state index is -0.525. The second-order valence-electron chi connectivity index (χ2n) is 9.39. The summed E-state index contributed by atoms with van der Waals surface area (Å²) in [4.78, 5) is 34.9. The molecule has 0 aliphatic carbocycles. The Morgan fingerprint density at radius 3 is 2.58 bits per heavy atom. The van der Waals surface area contributed by atoms with Crippen LogP contribution in [-0.4, -0.2) is 60.3 Å². The third-order valence-corrected chi connectivity index (χ3v) is 5.72. The van der Waals surface area contributed by atoms with Crippen molar-refractivity contribution < 1.29 is 18.7 Å². The number of amides is 3. The molecule has 3 heterocycles. The van der Waals surface area contributed by atoms with Gasteiger partial charge >= 0.3 is 12.1 Å². The van der Waals surface area contributed by atoms with Crippen LogP contribution in [0.15, 0.2) is 42.6 Å². The van der Waals surface area contributed by atoms with Crippen LogP contribution in [0.25, 0.3) is 0 Å². The van der Waals surface area contributed by atoms with E-state index in [1.54, 1.807) is 15.9 Å². The molecule has 1 saturated heterocycles. The van der Waals surface area contributed by atoms with Gasteiger partial charge in [0.05, 0.1) is 17.6 Å². The van der Waals surface area contributed by atoms with Crippen LogP contribution in [0.3, 0.4) is 0 Å². The summed E-state index contributed by atoms with van der Waals surface area (Å²) in [5, 5.41) is 3.03. The van der Waals surface area contributed by atoms with Crippen molar-refractivity contribution in [2.75, 3.05) is 42.5 Å². The SMILES string of the molecule is CC(C)(C)OC(=O)N1CC[C@H](CNC(=O)N2CCN(c3ccc(F)cn3)c3ccccc32)C1. The Morgan fingerprint density at radius 1 is 1.12 bits per heavy atom. The third-order valence-electron chi connectivity index (χ3n) is 5.72. The summed E-state index contributed by atoms with van der Waals surface area (Å²) in [6, 6.07) is 10.5.